The molecule has 0 radical (unpaired) electrons. The lowest BCUT2D eigenvalue weighted by atomic mass is 10.0. The summed E-state index contributed by atoms with van der Waals surface area (Å²) in [6, 6.07) is 22.5. The zero-order valence-electron chi connectivity index (χ0n) is 43.0. The molecule has 3 N–H and O–H groups in total. The number of nitrogens with one attached hydrogen (secondary N) is 2. The summed E-state index contributed by atoms with van der Waals surface area (Å²) >= 11 is 1.51. The van der Waals surface area contributed by atoms with Crippen LogP contribution in [0.2, 0.25) is 0 Å². The van der Waals surface area contributed by atoms with E-state index in [1.165, 1.54) is 46.3 Å². The number of aliphatic hydroxyl groups excluding tert-OH is 1. The third kappa shape index (κ3) is 13.0. The molecule has 2 aliphatic rings. The van der Waals surface area contributed by atoms with Crippen LogP contribution in [0.15, 0.2) is 106 Å². The zero-order chi connectivity index (χ0) is 54.0. The van der Waals surface area contributed by atoms with Gasteiger partial charge in [-0.25, -0.2) is 19.6 Å². The quantitative estimate of drug-likeness (QED) is 0.0638. The van der Waals surface area contributed by atoms with Crippen LogP contribution in [0.4, 0.5) is 5.69 Å². The van der Waals surface area contributed by atoms with Gasteiger partial charge in [0.2, 0.25) is 17.7 Å². The molecule has 3 aromatic carbocycles. The molecule has 3 atom stereocenters. The van der Waals surface area contributed by atoms with Gasteiger partial charge in [-0.05, 0) is 72.5 Å². The monoisotopic (exact) mass is 1070 g/mol. The lowest BCUT2D eigenvalue weighted by Crippen LogP contribution is -2.55. The van der Waals surface area contributed by atoms with E-state index >= 15 is 0 Å². The first-order chi connectivity index (χ1) is 37.3. The Morgan fingerprint density at radius 1 is 0.870 bits per heavy atom. The summed E-state index contributed by atoms with van der Waals surface area (Å²) in [6.07, 6.45) is 0.641. The molecule has 6 heterocycles. The van der Waals surface area contributed by atoms with Crippen LogP contribution >= 0.6 is 11.3 Å². The molecule has 2 aliphatic heterocycles. The van der Waals surface area contributed by atoms with E-state index in [0.717, 1.165) is 21.7 Å². The maximum Gasteiger partial charge on any atom is 0.274 e. The number of anilines is 1. The highest BCUT2D eigenvalue weighted by atomic mass is 32.1. The van der Waals surface area contributed by atoms with Gasteiger partial charge in [-0.1, -0.05) is 44.2 Å². The molecule has 1 saturated heterocycles. The van der Waals surface area contributed by atoms with Crippen LogP contribution in [0.5, 0.6) is 11.5 Å². The minimum Gasteiger partial charge on any atom is -0.491 e. The molecule has 0 bridgehead atoms. The number of benzene rings is 3. The Bertz CT molecular complexity index is 3290. The Hall–Kier alpha value is -7.89. The Kier molecular flexibility index (Phi) is 17.4. The molecule has 9 rings (SSSR count). The van der Waals surface area contributed by atoms with Crippen molar-refractivity contribution in [2.75, 3.05) is 64.7 Å². The predicted molar refractivity (Wildman–Crippen MR) is 283 cm³/mol. The Morgan fingerprint density at radius 2 is 1.62 bits per heavy atom. The largest absolute Gasteiger partial charge is 0.491 e. The lowest BCUT2D eigenvalue weighted by molar-refractivity contribution is -0.143. The number of carbonyl (C=O) groups is 4. The van der Waals surface area contributed by atoms with Crippen molar-refractivity contribution in [3.63, 3.8) is 0 Å². The molecular formula is C55H59N9O12S. The first-order valence-corrected chi connectivity index (χ1v) is 26.1. The Morgan fingerprint density at radius 3 is 2.32 bits per heavy atom. The van der Waals surface area contributed by atoms with Gasteiger partial charge in [-0.3, -0.25) is 24.0 Å². The minimum absolute atomic E-state index is 0.0139. The zero-order valence-corrected chi connectivity index (χ0v) is 43.8. The van der Waals surface area contributed by atoms with E-state index < -0.39 is 30.0 Å². The van der Waals surface area contributed by atoms with Crippen LogP contribution in [0, 0.1) is 12.8 Å². The number of rotatable bonds is 24. The molecule has 1 unspecified atom stereocenters. The number of hydrogen-bond acceptors (Lipinski definition) is 17. The molecular weight excluding hydrogens is 1010 g/mol. The molecule has 7 aromatic rings. The number of β-amino-alcohol motifs (C(OH)–C–C–N with tert-alkyl or cyclic N) is 1. The van der Waals surface area contributed by atoms with Crippen LogP contribution in [0.3, 0.4) is 0 Å². The van der Waals surface area contributed by atoms with E-state index in [1.54, 1.807) is 52.9 Å². The van der Waals surface area contributed by atoms with Gasteiger partial charge in [0.15, 0.2) is 5.58 Å². The Balaban J connectivity index is 0.669. The van der Waals surface area contributed by atoms with Crippen molar-refractivity contribution in [2.45, 2.75) is 58.5 Å². The van der Waals surface area contributed by atoms with Gasteiger partial charge in [0, 0.05) is 56.0 Å². The normalized spacial score (nSPS) is 15.5. The van der Waals surface area contributed by atoms with Crippen molar-refractivity contribution in [3.05, 3.63) is 135 Å². The second kappa shape index (κ2) is 24.8. The number of ether oxygens (including phenoxy) is 5. The number of aryl methyl sites for hydroxylation is 2. The number of pyridine rings is 1. The van der Waals surface area contributed by atoms with Crippen molar-refractivity contribution in [1.82, 2.24) is 39.8 Å². The maximum atomic E-state index is 14.2. The van der Waals surface area contributed by atoms with Crippen molar-refractivity contribution in [1.29, 1.82) is 0 Å². The molecule has 402 valence electrons. The number of carbonyl (C=O) groups excluding carboxylic acids is 4. The molecule has 1 fully saturated rings. The molecule has 21 nitrogen and oxygen atoms in total. The van der Waals surface area contributed by atoms with Gasteiger partial charge in [0.05, 0.1) is 68.0 Å². The van der Waals surface area contributed by atoms with E-state index in [-0.39, 0.29) is 74.2 Å². The number of hydrogen-bond donors (Lipinski definition) is 3. The lowest BCUT2D eigenvalue weighted by Gasteiger charge is -2.35. The smallest absolute Gasteiger partial charge is 0.274 e. The first-order valence-electron chi connectivity index (χ1n) is 25.2. The third-order valence-corrected chi connectivity index (χ3v) is 14.0. The fourth-order valence-corrected chi connectivity index (χ4v) is 9.91. The second-order valence-corrected chi connectivity index (χ2v) is 19.6. The van der Waals surface area contributed by atoms with Gasteiger partial charge in [-0.15, -0.1) is 11.3 Å². The summed E-state index contributed by atoms with van der Waals surface area (Å²) in [6.45, 7) is 8.48. The van der Waals surface area contributed by atoms with Gasteiger partial charge >= 0.3 is 0 Å². The van der Waals surface area contributed by atoms with Crippen LogP contribution in [-0.2, 0) is 43.9 Å². The molecule has 4 aromatic heterocycles. The number of fused-ring (bicyclic) bond motifs is 2. The summed E-state index contributed by atoms with van der Waals surface area (Å²) in [5, 5.41) is 20.7. The molecule has 0 spiro atoms. The highest BCUT2D eigenvalue weighted by Gasteiger charge is 2.46. The Labute approximate surface area is 447 Å². The van der Waals surface area contributed by atoms with Crippen LogP contribution in [0.1, 0.15) is 57.9 Å². The van der Waals surface area contributed by atoms with E-state index in [4.69, 9.17) is 28.1 Å². The number of nitrogens with zero attached hydrogens (tertiary/aromatic N) is 7. The van der Waals surface area contributed by atoms with Gasteiger partial charge in [0.25, 0.3) is 17.4 Å². The summed E-state index contributed by atoms with van der Waals surface area (Å²) in [4.78, 5) is 83.3. The van der Waals surface area contributed by atoms with Crippen LogP contribution < -0.4 is 25.7 Å². The van der Waals surface area contributed by atoms with Crippen LogP contribution in [0.25, 0.3) is 33.1 Å². The highest BCUT2D eigenvalue weighted by Crippen LogP contribution is 2.34. The van der Waals surface area contributed by atoms with Crippen molar-refractivity contribution >= 4 is 51.8 Å². The molecule has 4 amide bonds. The SMILES string of the molecule is Cc1ncsc1-c1ccc(CNC(=O)[C@@H]2C[C@@H](O)CN2C(=O)C(C(C)C)N2Cc3ccccc3C2=O)c(OCCOCCOCCOCCOc2ccc(C(=O)Nc3ccc4oc(-c5ccc(=O)n(C)n5)nc4c3)nc2)c1. The predicted octanol–water partition coefficient (Wildman–Crippen LogP) is 5.43. The number of likely N-dealkylation sites (tertiary alicyclic amines) is 1. The van der Waals surface area contributed by atoms with Gasteiger partial charge < -0.3 is 53.6 Å². The van der Waals surface area contributed by atoms with Crippen molar-refractivity contribution in [2.24, 2.45) is 13.0 Å². The van der Waals surface area contributed by atoms with E-state index in [9.17, 15) is 29.1 Å². The summed E-state index contributed by atoms with van der Waals surface area (Å²) in [5.74, 6) is -0.400. The van der Waals surface area contributed by atoms with Gasteiger partial charge in [0.1, 0.15) is 53.7 Å². The van der Waals surface area contributed by atoms with E-state index in [1.807, 2.05) is 51.1 Å². The average Bonchev–Trinajstić information content (AvgIpc) is 4.23. The average molecular weight is 1070 g/mol. The minimum atomic E-state index is -0.926. The number of oxazole rings is 1. The second-order valence-electron chi connectivity index (χ2n) is 18.7. The van der Waals surface area contributed by atoms with Crippen molar-refractivity contribution in [3.8, 4) is 33.5 Å². The number of aliphatic hydroxyl groups is 1. The topological polar surface area (TPSA) is 252 Å². The molecule has 22 heteroatoms. The van der Waals surface area contributed by atoms with Crippen molar-refractivity contribution < 1.29 is 52.4 Å². The number of amides is 4. The number of thiazole rings is 1. The molecule has 77 heavy (non-hydrogen) atoms. The molecule has 0 saturated carbocycles. The standard InChI is InChI=1S/C55H59N9O12S/c1-33(2)49(64-30-37-7-5-6-8-41(37)54(64)69)55(70)63-31-39(65)27-45(63)52(68)57-28-36-10-9-35(50-34(3)58-32-77-50)25-47(36)75-24-22-73-20-18-71-17-19-72-21-23-74-40-12-13-42(56-29-40)51(67)59-38-11-15-46-44(26-38)60-53(76-46)43-14-16-48(66)62(4)61-43/h5-16,25-26,29,32-33,39,45,49,65H,17-24,27-28,30-31H2,1-4H3,(H,57,68)(H,59,67)/t39-,45+,49?/m1/s1. The number of aromatic nitrogens is 5. The maximum absolute atomic E-state index is 14.2. The van der Waals surface area contributed by atoms with Crippen LogP contribution in [-0.4, -0.2) is 141 Å². The van der Waals surface area contributed by atoms with Gasteiger partial charge in [-0.2, -0.15) is 5.10 Å². The molecule has 0 aliphatic carbocycles. The van der Waals surface area contributed by atoms with E-state index in [2.05, 4.69) is 30.7 Å². The van der Waals surface area contributed by atoms with E-state index in [0.29, 0.717) is 84.7 Å². The highest BCUT2D eigenvalue weighted by molar-refractivity contribution is 7.13. The third-order valence-electron chi connectivity index (χ3n) is 13.0. The fourth-order valence-electron chi connectivity index (χ4n) is 9.11. The summed E-state index contributed by atoms with van der Waals surface area (Å²) < 4.78 is 36.0. The summed E-state index contributed by atoms with van der Waals surface area (Å²) in [5.41, 5.74) is 7.52. The first kappa shape index (κ1) is 53.9. The fraction of sp³-hybridized carbons (Fsp3) is 0.364. The summed E-state index contributed by atoms with van der Waals surface area (Å²) in [7, 11) is 1.54.